The zero-order chi connectivity index (χ0) is 13.8. The molecule has 1 saturated heterocycles. The van der Waals surface area contributed by atoms with E-state index in [4.69, 9.17) is 16.3 Å². The van der Waals surface area contributed by atoms with Gasteiger partial charge in [-0.25, -0.2) is 9.78 Å². The van der Waals surface area contributed by atoms with Gasteiger partial charge in [0.15, 0.2) is 0 Å². The van der Waals surface area contributed by atoms with Gasteiger partial charge in [0.2, 0.25) is 0 Å². The van der Waals surface area contributed by atoms with Crippen LogP contribution in [0, 0.1) is 0 Å². The van der Waals surface area contributed by atoms with Crippen LogP contribution in [-0.4, -0.2) is 45.9 Å². The Morgan fingerprint density at radius 1 is 1.53 bits per heavy atom. The molecule has 0 aliphatic carbocycles. The zero-order valence-corrected chi connectivity index (χ0v) is 11.3. The van der Waals surface area contributed by atoms with Crippen LogP contribution < -0.4 is 0 Å². The number of nitrogens with zero attached hydrogens (tertiary/aromatic N) is 3. The second-order valence-electron chi connectivity index (χ2n) is 4.14. The Kier molecular flexibility index (Phi) is 4.31. The van der Waals surface area contributed by atoms with Crippen molar-refractivity contribution >= 4 is 23.5 Å². The first-order valence-corrected chi connectivity index (χ1v) is 6.46. The number of ether oxygens (including phenoxy) is 1. The molecule has 6 nitrogen and oxygen atoms in total. The third kappa shape index (κ3) is 3.01. The number of carbonyl (C=O) groups excluding carboxylic acids is 2. The van der Waals surface area contributed by atoms with Crippen LogP contribution in [0.1, 0.15) is 30.3 Å². The molecule has 0 saturated carbocycles. The first-order chi connectivity index (χ1) is 9.13. The molecule has 7 heteroatoms. The molecule has 1 atom stereocenters. The van der Waals surface area contributed by atoms with Gasteiger partial charge in [-0.15, -0.1) is 0 Å². The van der Waals surface area contributed by atoms with E-state index >= 15 is 0 Å². The number of amides is 1. The van der Waals surface area contributed by atoms with Crippen molar-refractivity contribution in [1.82, 2.24) is 14.9 Å². The molecular formula is C12H14ClN3O3. The second kappa shape index (κ2) is 5.97. The normalized spacial score (nSPS) is 18.4. The molecule has 0 radical (unpaired) electrons. The van der Waals surface area contributed by atoms with Crippen molar-refractivity contribution in [2.75, 3.05) is 13.2 Å². The van der Waals surface area contributed by atoms with Gasteiger partial charge in [0, 0.05) is 6.54 Å². The van der Waals surface area contributed by atoms with Gasteiger partial charge in [-0.05, 0) is 19.8 Å². The SMILES string of the molecule is CCOC(=O)C1CCCN1C(=O)c1cncc(Cl)n1. The third-order valence-corrected chi connectivity index (χ3v) is 3.08. The van der Waals surface area contributed by atoms with E-state index in [1.807, 2.05) is 0 Å². The lowest BCUT2D eigenvalue weighted by Gasteiger charge is -2.22. The van der Waals surface area contributed by atoms with Crippen molar-refractivity contribution in [3.8, 4) is 0 Å². The maximum Gasteiger partial charge on any atom is 0.328 e. The summed E-state index contributed by atoms with van der Waals surface area (Å²) in [6.07, 6.45) is 4.07. The van der Waals surface area contributed by atoms with Crippen LogP contribution in [0.2, 0.25) is 5.15 Å². The molecule has 102 valence electrons. The summed E-state index contributed by atoms with van der Waals surface area (Å²) in [5.41, 5.74) is 0.142. The van der Waals surface area contributed by atoms with E-state index in [0.717, 1.165) is 6.42 Å². The Bertz CT molecular complexity index is 495. The molecule has 1 aliphatic rings. The summed E-state index contributed by atoms with van der Waals surface area (Å²) in [6.45, 7) is 2.55. The fourth-order valence-corrected chi connectivity index (χ4v) is 2.23. The Balaban J connectivity index is 2.16. The number of hydrogen-bond acceptors (Lipinski definition) is 5. The van der Waals surface area contributed by atoms with Crippen LogP contribution in [-0.2, 0) is 9.53 Å². The molecule has 0 N–H and O–H groups in total. The number of aromatic nitrogens is 2. The number of hydrogen-bond donors (Lipinski definition) is 0. The Labute approximate surface area is 115 Å². The third-order valence-electron chi connectivity index (χ3n) is 2.90. The topological polar surface area (TPSA) is 72.4 Å². The number of halogens is 1. The van der Waals surface area contributed by atoms with Crippen LogP contribution in [0.4, 0.5) is 0 Å². The maximum atomic E-state index is 12.3. The van der Waals surface area contributed by atoms with Crippen LogP contribution in [0.3, 0.4) is 0 Å². The minimum absolute atomic E-state index is 0.142. The predicted octanol–water partition coefficient (Wildman–Crippen LogP) is 1.30. The molecule has 2 rings (SSSR count). The van der Waals surface area contributed by atoms with Crippen LogP contribution in [0.25, 0.3) is 0 Å². The van der Waals surface area contributed by atoms with Crippen molar-refractivity contribution in [2.24, 2.45) is 0 Å². The first-order valence-electron chi connectivity index (χ1n) is 6.08. The molecule has 1 aromatic heterocycles. The van der Waals surface area contributed by atoms with Crippen molar-refractivity contribution in [3.05, 3.63) is 23.2 Å². The van der Waals surface area contributed by atoms with Crippen LogP contribution in [0.5, 0.6) is 0 Å². The van der Waals surface area contributed by atoms with E-state index in [-0.39, 0.29) is 22.7 Å². The van der Waals surface area contributed by atoms with E-state index in [1.54, 1.807) is 6.92 Å². The van der Waals surface area contributed by atoms with Crippen molar-refractivity contribution in [2.45, 2.75) is 25.8 Å². The van der Waals surface area contributed by atoms with E-state index in [0.29, 0.717) is 19.6 Å². The average Bonchev–Trinajstić information content (AvgIpc) is 2.87. The summed E-state index contributed by atoms with van der Waals surface area (Å²) in [4.78, 5) is 33.3. The predicted molar refractivity (Wildman–Crippen MR) is 67.7 cm³/mol. The Hall–Kier alpha value is -1.69. The lowest BCUT2D eigenvalue weighted by molar-refractivity contribution is -0.147. The molecule has 0 spiro atoms. The van der Waals surface area contributed by atoms with Crippen molar-refractivity contribution < 1.29 is 14.3 Å². The largest absolute Gasteiger partial charge is 0.464 e. The van der Waals surface area contributed by atoms with Gasteiger partial charge in [0.25, 0.3) is 5.91 Å². The van der Waals surface area contributed by atoms with Gasteiger partial charge in [-0.3, -0.25) is 9.78 Å². The summed E-state index contributed by atoms with van der Waals surface area (Å²) in [7, 11) is 0. The van der Waals surface area contributed by atoms with Gasteiger partial charge in [-0.1, -0.05) is 11.6 Å². The summed E-state index contributed by atoms with van der Waals surface area (Å²) in [6, 6.07) is -0.534. The molecule has 0 aromatic carbocycles. The molecule has 1 unspecified atom stereocenters. The van der Waals surface area contributed by atoms with E-state index in [9.17, 15) is 9.59 Å². The quantitative estimate of drug-likeness (QED) is 0.782. The van der Waals surface area contributed by atoms with Gasteiger partial charge in [-0.2, -0.15) is 0 Å². The van der Waals surface area contributed by atoms with Crippen LogP contribution >= 0.6 is 11.6 Å². The zero-order valence-electron chi connectivity index (χ0n) is 10.5. The lowest BCUT2D eigenvalue weighted by atomic mass is 10.2. The Morgan fingerprint density at radius 3 is 3.00 bits per heavy atom. The summed E-state index contributed by atoms with van der Waals surface area (Å²) >= 11 is 5.71. The van der Waals surface area contributed by atoms with Gasteiger partial charge < -0.3 is 9.64 Å². The smallest absolute Gasteiger partial charge is 0.328 e. The summed E-state index contributed by atoms with van der Waals surface area (Å²) < 4.78 is 4.97. The maximum absolute atomic E-state index is 12.3. The molecule has 1 amide bonds. The summed E-state index contributed by atoms with van der Waals surface area (Å²) in [5.74, 6) is -0.714. The van der Waals surface area contributed by atoms with Crippen molar-refractivity contribution in [1.29, 1.82) is 0 Å². The van der Waals surface area contributed by atoms with E-state index in [1.165, 1.54) is 17.3 Å². The standard InChI is InChI=1S/C12H14ClN3O3/c1-2-19-12(18)9-4-3-5-16(9)11(17)8-6-14-7-10(13)15-8/h6-7,9H,2-5H2,1H3. The number of rotatable bonds is 3. The van der Waals surface area contributed by atoms with Crippen molar-refractivity contribution in [3.63, 3.8) is 0 Å². The highest BCUT2D eigenvalue weighted by Gasteiger charge is 2.36. The molecule has 2 heterocycles. The van der Waals surface area contributed by atoms with Crippen LogP contribution in [0.15, 0.2) is 12.4 Å². The van der Waals surface area contributed by atoms with E-state index in [2.05, 4.69) is 9.97 Å². The number of likely N-dealkylation sites (tertiary alicyclic amines) is 1. The monoisotopic (exact) mass is 283 g/mol. The fraction of sp³-hybridized carbons (Fsp3) is 0.500. The minimum Gasteiger partial charge on any atom is -0.464 e. The minimum atomic E-state index is -0.534. The molecule has 19 heavy (non-hydrogen) atoms. The Morgan fingerprint density at radius 2 is 2.32 bits per heavy atom. The molecule has 1 fully saturated rings. The highest BCUT2D eigenvalue weighted by atomic mass is 35.5. The second-order valence-corrected chi connectivity index (χ2v) is 4.52. The highest BCUT2D eigenvalue weighted by molar-refractivity contribution is 6.29. The molecular weight excluding hydrogens is 270 g/mol. The summed E-state index contributed by atoms with van der Waals surface area (Å²) in [5, 5.41) is 0.151. The molecule has 1 aliphatic heterocycles. The number of esters is 1. The number of carbonyl (C=O) groups is 2. The van der Waals surface area contributed by atoms with Gasteiger partial charge >= 0.3 is 5.97 Å². The lowest BCUT2D eigenvalue weighted by Crippen LogP contribution is -2.41. The highest BCUT2D eigenvalue weighted by Crippen LogP contribution is 2.20. The first kappa shape index (κ1) is 13.7. The molecule has 1 aromatic rings. The van der Waals surface area contributed by atoms with Gasteiger partial charge in [0.1, 0.15) is 16.9 Å². The van der Waals surface area contributed by atoms with E-state index < -0.39 is 6.04 Å². The fourth-order valence-electron chi connectivity index (χ4n) is 2.09. The molecule has 0 bridgehead atoms. The van der Waals surface area contributed by atoms with Gasteiger partial charge in [0.05, 0.1) is 19.0 Å². The average molecular weight is 284 g/mol.